The van der Waals surface area contributed by atoms with Gasteiger partial charge in [-0.25, -0.2) is 4.39 Å². The average molecular weight is 379 g/mol. The Bertz CT molecular complexity index is 718. The minimum Gasteiger partial charge on any atom is -0.366 e. The van der Waals surface area contributed by atoms with Crippen molar-refractivity contribution in [2.75, 3.05) is 36.8 Å². The van der Waals surface area contributed by atoms with E-state index in [1.807, 2.05) is 40.1 Å². The Morgan fingerprint density at radius 3 is 2.40 bits per heavy atom. The lowest BCUT2D eigenvalue weighted by Crippen LogP contribution is -2.49. The summed E-state index contributed by atoms with van der Waals surface area (Å²) < 4.78 is 13.8. The molecule has 1 aliphatic rings. The molecule has 1 aliphatic heterocycles. The number of piperazine rings is 1. The van der Waals surface area contributed by atoms with Crippen LogP contribution < -0.4 is 4.90 Å². The highest BCUT2D eigenvalue weighted by Gasteiger charge is 2.22. The molecule has 0 saturated carbocycles. The summed E-state index contributed by atoms with van der Waals surface area (Å²) in [4.78, 5) is 17.3. The molecule has 132 valence electrons. The number of hydrogen-bond acceptors (Lipinski definition) is 3. The van der Waals surface area contributed by atoms with Crippen LogP contribution in [0.5, 0.6) is 0 Å². The average Bonchev–Trinajstić information content (AvgIpc) is 2.64. The van der Waals surface area contributed by atoms with Crippen molar-refractivity contribution >= 4 is 35.0 Å². The summed E-state index contributed by atoms with van der Waals surface area (Å²) in [5.74, 6) is 0.699. The summed E-state index contributed by atoms with van der Waals surface area (Å²) in [7, 11) is 0. The largest absolute Gasteiger partial charge is 0.366 e. The highest BCUT2D eigenvalue weighted by atomic mass is 35.5. The number of thioether (sulfide) groups is 1. The van der Waals surface area contributed by atoms with Gasteiger partial charge in [-0.3, -0.25) is 4.79 Å². The standard InChI is InChI=1S/C19H20ClFN2OS/c20-15-5-7-16(8-6-15)25-14-9-19(24)23-12-10-22(11-13-23)18-4-2-1-3-17(18)21/h1-8H,9-14H2. The van der Waals surface area contributed by atoms with Crippen LogP contribution in [0.2, 0.25) is 5.02 Å². The van der Waals surface area contributed by atoms with Crippen LogP contribution in [0.3, 0.4) is 0 Å². The Balaban J connectivity index is 1.44. The van der Waals surface area contributed by atoms with Gasteiger partial charge in [0.1, 0.15) is 5.82 Å². The molecule has 0 aromatic heterocycles. The number of anilines is 1. The molecule has 2 aromatic carbocycles. The SMILES string of the molecule is O=C(CCSc1ccc(Cl)cc1)N1CCN(c2ccccc2F)CC1. The lowest BCUT2D eigenvalue weighted by atomic mass is 10.2. The molecule has 1 heterocycles. The maximum absolute atomic E-state index is 13.8. The van der Waals surface area contributed by atoms with Gasteiger partial charge in [0.15, 0.2) is 0 Å². The van der Waals surface area contributed by atoms with Crippen LogP contribution in [0.15, 0.2) is 53.4 Å². The van der Waals surface area contributed by atoms with Gasteiger partial charge in [-0.05, 0) is 36.4 Å². The normalized spacial score (nSPS) is 14.6. The van der Waals surface area contributed by atoms with Crippen molar-refractivity contribution < 1.29 is 9.18 Å². The molecule has 0 spiro atoms. The summed E-state index contributed by atoms with van der Waals surface area (Å²) >= 11 is 7.52. The molecule has 1 saturated heterocycles. The number of para-hydroxylation sites is 1. The summed E-state index contributed by atoms with van der Waals surface area (Å²) in [6.45, 7) is 2.60. The first-order valence-corrected chi connectivity index (χ1v) is 9.65. The van der Waals surface area contributed by atoms with Crippen molar-refractivity contribution in [3.8, 4) is 0 Å². The topological polar surface area (TPSA) is 23.6 Å². The zero-order valence-corrected chi connectivity index (χ0v) is 15.4. The van der Waals surface area contributed by atoms with Crippen LogP contribution >= 0.6 is 23.4 Å². The van der Waals surface area contributed by atoms with Crippen LogP contribution in [0, 0.1) is 5.82 Å². The first-order chi connectivity index (χ1) is 12.1. The number of halogens is 2. The summed E-state index contributed by atoms with van der Waals surface area (Å²) in [6.07, 6.45) is 0.507. The van der Waals surface area contributed by atoms with Crippen molar-refractivity contribution in [2.24, 2.45) is 0 Å². The molecule has 1 amide bonds. The van der Waals surface area contributed by atoms with Crippen LogP contribution in [0.4, 0.5) is 10.1 Å². The molecule has 3 nitrogen and oxygen atoms in total. The summed E-state index contributed by atoms with van der Waals surface area (Å²) in [5, 5.41) is 0.716. The maximum atomic E-state index is 13.8. The van der Waals surface area contributed by atoms with Crippen LogP contribution in [0.1, 0.15) is 6.42 Å². The first-order valence-electron chi connectivity index (χ1n) is 8.29. The monoisotopic (exact) mass is 378 g/mol. The van der Waals surface area contributed by atoms with Crippen molar-refractivity contribution in [3.63, 3.8) is 0 Å². The number of hydrogen-bond donors (Lipinski definition) is 0. The number of amides is 1. The number of carbonyl (C=O) groups excluding carboxylic acids is 1. The Morgan fingerprint density at radius 2 is 1.72 bits per heavy atom. The fraction of sp³-hybridized carbons (Fsp3) is 0.316. The summed E-state index contributed by atoms with van der Waals surface area (Å²) in [5.41, 5.74) is 0.618. The zero-order chi connectivity index (χ0) is 17.6. The molecule has 0 atom stereocenters. The number of nitrogens with zero attached hydrogens (tertiary/aromatic N) is 2. The van der Waals surface area contributed by atoms with Crippen LogP contribution in [-0.2, 0) is 4.79 Å². The molecule has 0 radical (unpaired) electrons. The Morgan fingerprint density at radius 1 is 1.04 bits per heavy atom. The van der Waals surface area contributed by atoms with Crippen molar-refractivity contribution in [3.05, 3.63) is 59.4 Å². The lowest BCUT2D eigenvalue weighted by Gasteiger charge is -2.36. The molecule has 0 aliphatic carbocycles. The number of benzene rings is 2. The van der Waals surface area contributed by atoms with Crippen molar-refractivity contribution in [2.45, 2.75) is 11.3 Å². The molecule has 6 heteroatoms. The smallest absolute Gasteiger partial charge is 0.223 e. The Hall–Kier alpha value is -1.72. The van der Waals surface area contributed by atoms with E-state index in [4.69, 9.17) is 11.6 Å². The second kappa shape index (κ2) is 8.59. The van der Waals surface area contributed by atoms with Gasteiger partial charge in [0.25, 0.3) is 0 Å². The zero-order valence-electron chi connectivity index (χ0n) is 13.8. The van der Waals surface area contributed by atoms with E-state index in [2.05, 4.69) is 0 Å². The van der Waals surface area contributed by atoms with Crippen LogP contribution in [-0.4, -0.2) is 42.7 Å². The fourth-order valence-corrected chi connectivity index (χ4v) is 3.82. The minimum absolute atomic E-state index is 0.162. The summed E-state index contributed by atoms with van der Waals surface area (Å²) in [6, 6.07) is 14.4. The third-order valence-electron chi connectivity index (χ3n) is 4.22. The van der Waals surface area contributed by atoms with E-state index >= 15 is 0 Å². The van der Waals surface area contributed by atoms with Gasteiger partial charge >= 0.3 is 0 Å². The number of rotatable bonds is 5. The predicted molar refractivity (Wildman–Crippen MR) is 102 cm³/mol. The van der Waals surface area contributed by atoms with Gasteiger partial charge in [0.2, 0.25) is 5.91 Å². The highest BCUT2D eigenvalue weighted by molar-refractivity contribution is 7.99. The molecule has 0 bridgehead atoms. The van der Waals surface area contributed by atoms with E-state index in [9.17, 15) is 9.18 Å². The van der Waals surface area contributed by atoms with Gasteiger partial charge in [-0.2, -0.15) is 0 Å². The van der Waals surface area contributed by atoms with E-state index in [0.717, 1.165) is 10.6 Å². The minimum atomic E-state index is -0.207. The molecule has 3 rings (SSSR count). The lowest BCUT2D eigenvalue weighted by molar-refractivity contribution is -0.131. The third kappa shape index (κ3) is 4.89. The molecule has 2 aromatic rings. The molecular formula is C19H20ClFN2OS. The molecule has 0 unspecified atom stereocenters. The fourth-order valence-electron chi connectivity index (χ4n) is 2.85. The van der Waals surface area contributed by atoms with Gasteiger partial charge in [-0.15, -0.1) is 11.8 Å². The Labute approximate surface area is 156 Å². The van der Waals surface area contributed by atoms with E-state index in [1.54, 1.807) is 23.9 Å². The van der Waals surface area contributed by atoms with Crippen LogP contribution in [0.25, 0.3) is 0 Å². The first kappa shape index (κ1) is 18.1. The van der Waals surface area contributed by atoms with E-state index in [0.29, 0.717) is 43.3 Å². The van der Waals surface area contributed by atoms with E-state index in [1.165, 1.54) is 6.07 Å². The molecule has 1 fully saturated rings. The van der Waals surface area contributed by atoms with E-state index in [-0.39, 0.29) is 11.7 Å². The van der Waals surface area contributed by atoms with Crippen molar-refractivity contribution in [1.82, 2.24) is 4.90 Å². The Kier molecular flexibility index (Phi) is 6.21. The predicted octanol–water partition coefficient (Wildman–Crippen LogP) is 4.31. The highest BCUT2D eigenvalue weighted by Crippen LogP contribution is 2.22. The maximum Gasteiger partial charge on any atom is 0.223 e. The third-order valence-corrected chi connectivity index (χ3v) is 5.49. The van der Waals surface area contributed by atoms with Gasteiger partial charge in [0.05, 0.1) is 5.69 Å². The number of carbonyl (C=O) groups is 1. The molecule has 25 heavy (non-hydrogen) atoms. The van der Waals surface area contributed by atoms with Gasteiger partial charge in [0, 0.05) is 48.3 Å². The molecular weight excluding hydrogens is 359 g/mol. The molecule has 0 N–H and O–H groups in total. The second-order valence-corrected chi connectivity index (χ2v) is 7.48. The quantitative estimate of drug-likeness (QED) is 0.724. The second-order valence-electron chi connectivity index (χ2n) is 5.87. The van der Waals surface area contributed by atoms with Gasteiger partial charge < -0.3 is 9.80 Å². The van der Waals surface area contributed by atoms with Crippen molar-refractivity contribution in [1.29, 1.82) is 0 Å². The van der Waals surface area contributed by atoms with Gasteiger partial charge in [-0.1, -0.05) is 23.7 Å². The van der Waals surface area contributed by atoms with E-state index < -0.39 is 0 Å².